The summed E-state index contributed by atoms with van der Waals surface area (Å²) < 4.78 is 42.6. The molecule has 0 saturated carbocycles. The number of hydrogen-bond acceptors (Lipinski definition) is 31. The van der Waals surface area contributed by atoms with Gasteiger partial charge in [-0.1, -0.05) is 32.6 Å². The molecular formula is C60H113N3O24S7. The normalized spacial score (nSPS) is 16.1. The number of nitrogens with one attached hydrogen (secondary N) is 3. The molecule has 11 unspecified atom stereocenters. The molecule has 0 aromatic heterocycles. The Morgan fingerprint density at radius 1 is 0.457 bits per heavy atom. The summed E-state index contributed by atoms with van der Waals surface area (Å²) in [7, 11) is 4.21. The Hall–Kier alpha value is -1.62. The molecule has 0 rings (SSSR count). The van der Waals surface area contributed by atoms with Crippen LogP contribution in [-0.4, -0.2) is 284 Å². The fourth-order valence-electron chi connectivity index (χ4n) is 8.15. The predicted molar refractivity (Wildman–Crippen MR) is 374 cm³/mol. The number of carbonyl (C=O) groups is 5. The van der Waals surface area contributed by atoms with Crippen molar-refractivity contribution in [1.29, 1.82) is 0 Å². The molecule has 0 heterocycles. The van der Waals surface area contributed by atoms with Gasteiger partial charge in [-0.15, -0.1) is 0 Å². The topological polar surface area (TPSA) is 396 Å². The highest BCUT2D eigenvalue weighted by Gasteiger charge is 2.34. The molecule has 0 fully saturated rings. The van der Waals surface area contributed by atoms with Crippen LogP contribution in [-0.2, 0) is 57.3 Å². The van der Waals surface area contributed by atoms with Crippen LogP contribution < -0.4 is 16.0 Å². The van der Waals surface area contributed by atoms with Crippen LogP contribution in [0, 0.1) is 5.92 Å². The first kappa shape index (κ1) is 92.4. The van der Waals surface area contributed by atoms with Crippen LogP contribution >= 0.6 is 82.3 Å². The van der Waals surface area contributed by atoms with E-state index in [-0.39, 0.29) is 63.3 Å². The molecule has 94 heavy (non-hydrogen) atoms. The first-order valence-electron chi connectivity index (χ1n) is 31.6. The van der Waals surface area contributed by atoms with Crippen LogP contribution in [0.5, 0.6) is 0 Å². The van der Waals surface area contributed by atoms with Crippen molar-refractivity contribution in [2.24, 2.45) is 5.92 Å². The Kier molecular flexibility index (Phi) is 57.1. The van der Waals surface area contributed by atoms with Gasteiger partial charge in [0.2, 0.25) is 0 Å². The molecule has 0 aromatic rings. The number of aliphatic hydroxyl groups excluding tert-OH is 9. The van der Waals surface area contributed by atoms with Gasteiger partial charge in [0.25, 0.3) is 5.95 Å². The number of aliphatic hydroxyl groups is 9. The highest BCUT2D eigenvalue weighted by atomic mass is 32.2. The Bertz CT molecular complexity index is 1960. The number of methoxy groups -OCH3 is 3. The first-order chi connectivity index (χ1) is 44.8. The molecule has 0 aliphatic carbocycles. The maximum absolute atomic E-state index is 14.1. The van der Waals surface area contributed by atoms with Crippen LogP contribution in [0.15, 0.2) is 12.5 Å². The minimum atomic E-state index is -1.16. The minimum Gasteiger partial charge on any atom is -0.465 e. The number of unbranched alkanes of at least 4 members (excludes halogenated alkanes) is 4. The van der Waals surface area contributed by atoms with Crippen molar-refractivity contribution in [1.82, 2.24) is 16.0 Å². The van der Waals surface area contributed by atoms with E-state index in [1.165, 1.54) is 91.9 Å². The molecule has 0 spiro atoms. The second kappa shape index (κ2) is 58.1. The van der Waals surface area contributed by atoms with E-state index in [1.807, 2.05) is 6.92 Å². The van der Waals surface area contributed by atoms with Crippen molar-refractivity contribution >= 4 is 113 Å². The van der Waals surface area contributed by atoms with Crippen LogP contribution in [0.1, 0.15) is 118 Å². The third kappa shape index (κ3) is 52.4. The lowest BCUT2D eigenvalue weighted by atomic mass is 9.89. The highest BCUT2D eigenvalue weighted by molar-refractivity contribution is 8.00. The van der Waals surface area contributed by atoms with E-state index in [0.717, 1.165) is 25.0 Å². The minimum absolute atomic E-state index is 0.0101. The molecule has 11 atom stereocenters. The summed E-state index contributed by atoms with van der Waals surface area (Å²) in [5.41, 5.74) is -2.97. The maximum atomic E-state index is 14.1. The van der Waals surface area contributed by atoms with E-state index in [4.69, 9.17) is 57.9 Å². The quantitative estimate of drug-likeness (QED) is 0.00680. The van der Waals surface area contributed by atoms with Crippen molar-refractivity contribution < 1.29 is 118 Å². The highest BCUT2D eigenvalue weighted by Crippen LogP contribution is 2.26. The number of hydrogen-bond donors (Lipinski definition) is 12. The van der Waals surface area contributed by atoms with Crippen molar-refractivity contribution in [3.63, 3.8) is 0 Å². The van der Waals surface area contributed by atoms with Gasteiger partial charge in [0.15, 0.2) is 18.9 Å². The lowest BCUT2D eigenvalue weighted by molar-refractivity contribution is -0.303. The number of thioether (sulfide) groups is 7. The summed E-state index contributed by atoms with van der Waals surface area (Å²) in [6.07, 6.45) is -1.28. The average molecular weight is 1490 g/mol. The fourth-order valence-corrected chi connectivity index (χ4v) is 14.5. The van der Waals surface area contributed by atoms with Gasteiger partial charge in [0, 0.05) is 78.6 Å². The molecular weight excluding hydrogens is 1370 g/mol. The van der Waals surface area contributed by atoms with Crippen molar-refractivity contribution in [2.75, 3.05) is 148 Å². The second-order valence-electron chi connectivity index (χ2n) is 23.0. The molecule has 0 bridgehead atoms. The summed E-state index contributed by atoms with van der Waals surface area (Å²) in [4.78, 5) is 78.7. The third-order valence-corrected chi connectivity index (χ3v) is 21.7. The van der Waals surface area contributed by atoms with Crippen molar-refractivity contribution in [3.8, 4) is 0 Å². The molecule has 0 aromatic carbocycles. The van der Waals surface area contributed by atoms with Gasteiger partial charge < -0.3 is 99.8 Å². The Labute approximate surface area is 586 Å². The SMILES string of the molecule is C=C(OC(=O)NC(C)(CCCCSCC(O)CO)COOCCCSCC(O)CO)OC(=O)C(C)CSCC(COC(=O)NC(C)(CCCCSCC(O)OC)CC(=O)OCCSCC(O)OC)OC(=O)NC(C)(CCCCSCC(O)CO)CCCCSCC(O)OC. The number of ether oxygens (including phenoxy) is 8. The smallest absolute Gasteiger partial charge is 0.415 e. The van der Waals surface area contributed by atoms with Gasteiger partial charge in [-0.3, -0.25) is 9.59 Å². The van der Waals surface area contributed by atoms with Crippen molar-refractivity contribution in [3.05, 3.63) is 12.5 Å². The molecule has 554 valence electrons. The Morgan fingerprint density at radius 3 is 1.36 bits per heavy atom. The third-order valence-electron chi connectivity index (χ3n) is 13.6. The van der Waals surface area contributed by atoms with Gasteiger partial charge in [0.05, 0.1) is 68.2 Å². The van der Waals surface area contributed by atoms with Crippen LogP contribution in [0.2, 0.25) is 0 Å². The average Bonchev–Trinajstić information content (AvgIpc) is 2.23. The van der Waals surface area contributed by atoms with E-state index < -0.39 is 109 Å². The number of amides is 3. The van der Waals surface area contributed by atoms with Gasteiger partial charge in [-0.25, -0.2) is 24.2 Å². The number of rotatable bonds is 63. The molecule has 0 saturated heterocycles. The zero-order valence-corrected chi connectivity index (χ0v) is 61.8. The molecule has 0 aliphatic heterocycles. The molecule has 0 radical (unpaired) electrons. The lowest BCUT2D eigenvalue weighted by Crippen LogP contribution is -2.49. The van der Waals surface area contributed by atoms with E-state index in [1.54, 1.807) is 32.5 Å². The standard InChI is InChI=1S/C60H113N3O24S7/c1-44(54(74)85-45(2)86-56(76)63-60(5,21-12-16-25-89-37-47(68)32-65)43-84-83-22-17-28-90-38-48(69)33-66)35-94-39-49(87-57(77)62-58(3,18-9-13-24-88-36-46(67)31-64)19-10-14-26-91-40-51(71)78-6)34-82-55(75)61-59(4,20-11-15-27-92-41-52(72)79-7)30-50(70)81-23-29-93-42-53(73)80-8/h44,46-49,51-53,64-69,71-73H,2,9-43H2,1,3-8H3,(H,61,75)(H,62,77)(H,63,76). The Balaban J connectivity index is 6.39. The van der Waals surface area contributed by atoms with Crippen molar-refractivity contribution in [2.45, 2.75) is 177 Å². The largest absolute Gasteiger partial charge is 0.465 e. The van der Waals surface area contributed by atoms with Gasteiger partial charge in [-0.05, 0) is 114 Å². The van der Waals surface area contributed by atoms with Gasteiger partial charge >= 0.3 is 30.2 Å². The predicted octanol–water partition coefficient (Wildman–Crippen LogP) is 5.50. The summed E-state index contributed by atoms with van der Waals surface area (Å²) in [5, 5.41) is 94.5. The van der Waals surface area contributed by atoms with E-state index in [9.17, 15) is 59.7 Å². The number of esters is 2. The lowest BCUT2D eigenvalue weighted by Gasteiger charge is -2.32. The van der Waals surface area contributed by atoms with Gasteiger partial charge in [0.1, 0.15) is 25.9 Å². The fraction of sp³-hybridized carbons (Fsp3) is 0.883. The summed E-state index contributed by atoms with van der Waals surface area (Å²) >= 11 is 9.97. The summed E-state index contributed by atoms with van der Waals surface area (Å²) in [6.45, 7) is 9.24. The van der Waals surface area contributed by atoms with E-state index in [0.29, 0.717) is 122 Å². The van der Waals surface area contributed by atoms with Crippen LogP contribution in [0.3, 0.4) is 0 Å². The maximum Gasteiger partial charge on any atom is 0.415 e. The molecule has 34 heteroatoms. The zero-order chi connectivity index (χ0) is 70.5. The van der Waals surface area contributed by atoms with Crippen LogP contribution in [0.4, 0.5) is 14.4 Å². The molecule has 12 N–H and O–H groups in total. The molecule has 27 nitrogen and oxygen atoms in total. The van der Waals surface area contributed by atoms with Gasteiger partial charge in [-0.2, -0.15) is 82.3 Å². The van der Waals surface area contributed by atoms with E-state index in [2.05, 4.69) is 22.5 Å². The second-order valence-corrected chi connectivity index (χ2v) is 31.0. The molecule has 3 amide bonds. The number of alkyl carbamates (subject to hydrolysis) is 3. The zero-order valence-electron chi connectivity index (χ0n) is 56.1. The summed E-state index contributed by atoms with van der Waals surface area (Å²) in [6, 6.07) is 0. The molecule has 0 aliphatic rings. The monoisotopic (exact) mass is 1480 g/mol. The Morgan fingerprint density at radius 2 is 0.883 bits per heavy atom. The number of carbonyl (C=O) groups excluding carboxylic acids is 5. The first-order valence-corrected chi connectivity index (χ1v) is 39.7. The van der Waals surface area contributed by atoms with Crippen LogP contribution in [0.25, 0.3) is 0 Å². The van der Waals surface area contributed by atoms with E-state index >= 15 is 0 Å². The summed E-state index contributed by atoms with van der Waals surface area (Å²) in [5.74, 6) is 3.24.